The van der Waals surface area contributed by atoms with Gasteiger partial charge in [0.15, 0.2) is 23.3 Å². The number of fused-ring (bicyclic) bond motifs is 1. The first kappa shape index (κ1) is 23.0. The molecule has 1 aliphatic rings. The molecule has 0 spiro atoms. The predicted octanol–water partition coefficient (Wildman–Crippen LogP) is 4.22. The van der Waals surface area contributed by atoms with E-state index in [1.54, 1.807) is 12.3 Å². The molecule has 3 heterocycles. The molecule has 1 amide bonds. The zero-order valence-corrected chi connectivity index (χ0v) is 18.9. The number of nitrogens with two attached hydrogens (primary N) is 1. The summed E-state index contributed by atoms with van der Waals surface area (Å²) < 4.78 is 42.0. The van der Waals surface area contributed by atoms with Gasteiger partial charge in [-0.3, -0.25) is 4.79 Å². The number of benzene rings is 1. The van der Waals surface area contributed by atoms with Gasteiger partial charge in [0.25, 0.3) is 5.91 Å². The summed E-state index contributed by atoms with van der Waals surface area (Å²) in [4.78, 5) is 23.7. The minimum absolute atomic E-state index is 0.00761. The summed E-state index contributed by atoms with van der Waals surface area (Å²) in [6.07, 6.45) is 6.17. The minimum Gasteiger partial charge on any atom is -0.381 e. The van der Waals surface area contributed by atoms with Gasteiger partial charge in [0.1, 0.15) is 11.4 Å². The number of hydrogen-bond donors (Lipinski definition) is 4. The monoisotopic (exact) mass is 504 g/mol. The molecule has 0 aliphatic heterocycles. The van der Waals surface area contributed by atoms with Gasteiger partial charge in [0.2, 0.25) is 0 Å². The third-order valence-corrected chi connectivity index (χ3v) is 6.22. The highest BCUT2D eigenvalue weighted by Crippen LogP contribution is 2.32. The van der Waals surface area contributed by atoms with Crippen molar-refractivity contribution in [1.82, 2.24) is 30.3 Å². The standard InChI is InChI=1S/C22H20ClF3N8O/c23-10-4-13-14(7-28-18(13)16(24)5-10)20-29-8-17(25)21(32-20)30-11-2-1-3-12(6-11)31-22(35)15-9-34(26)33-19(15)27/h4-5,7-9,11-12,28H,1-3,6H2,(H2,27,33)(H,31,35)(H,29,30,32)/t11-,12+/m0/s1. The van der Waals surface area contributed by atoms with Gasteiger partial charge >= 0.3 is 0 Å². The molecule has 5 rings (SSSR count). The number of carbonyl (C=O) groups excluding carboxylic acids is 1. The van der Waals surface area contributed by atoms with Gasteiger partial charge < -0.3 is 21.4 Å². The second-order valence-electron chi connectivity index (χ2n) is 8.40. The Morgan fingerprint density at radius 1 is 1.23 bits per heavy atom. The molecule has 0 bridgehead atoms. The maximum absolute atomic E-state index is 14.6. The second kappa shape index (κ2) is 9.10. The van der Waals surface area contributed by atoms with Crippen LogP contribution >= 0.6 is 11.6 Å². The molecule has 0 saturated heterocycles. The Bertz CT molecular complexity index is 1420. The van der Waals surface area contributed by atoms with Crippen molar-refractivity contribution in [3.8, 4) is 11.4 Å². The predicted molar refractivity (Wildman–Crippen MR) is 125 cm³/mol. The Morgan fingerprint density at radius 2 is 2.03 bits per heavy atom. The smallest absolute Gasteiger partial charge is 0.256 e. The van der Waals surface area contributed by atoms with Crippen LogP contribution in [-0.2, 0) is 0 Å². The van der Waals surface area contributed by atoms with Crippen molar-refractivity contribution in [3.05, 3.63) is 52.9 Å². The summed E-state index contributed by atoms with van der Waals surface area (Å²) in [7, 11) is 0. The Labute approximate surface area is 201 Å². The first-order chi connectivity index (χ1) is 16.8. The van der Waals surface area contributed by atoms with Gasteiger partial charge in [-0.15, -0.1) is 10.0 Å². The molecule has 0 unspecified atom stereocenters. The van der Waals surface area contributed by atoms with Crippen molar-refractivity contribution in [3.63, 3.8) is 0 Å². The summed E-state index contributed by atoms with van der Waals surface area (Å²) >= 11 is 6.00. The van der Waals surface area contributed by atoms with Crippen LogP contribution in [0, 0.1) is 11.6 Å². The molecule has 1 saturated carbocycles. The quantitative estimate of drug-likeness (QED) is 0.322. The number of nitrogens with zero attached hydrogens (tertiary/aromatic N) is 4. The highest BCUT2D eigenvalue weighted by atomic mass is 35.5. The summed E-state index contributed by atoms with van der Waals surface area (Å²) in [6, 6.07) is 2.35. The number of amides is 1. The molecule has 3 aromatic heterocycles. The number of anilines is 2. The number of halogens is 4. The van der Waals surface area contributed by atoms with Gasteiger partial charge in [-0.2, -0.15) is 0 Å². The number of H-pyrrole nitrogens is 1. The van der Waals surface area contributed by atoms with E-state index in [9.17, 15) is 18.1 Å². The van der Waals surface area contributed by atoms with Gasteiger partial charge in [-0.25, -0.2) is 18.7 Å². The highest BCUT2D eigenvalue weighted by Gasteiger charge is 2.26. The van der Waals surface area contributed by atoms with E-state index in [1.165, 1.54) is 6.07 Å². The maximum Gasteiger partial charge on any atom is 0.256 e. The van der Waals surface area contributed by atoms with Gasteiger partial charge in [0, 0.05) is 34.3 Å². The van der Waals surface area contributed by atoms with Crippen molar-refractivity contribution >= 4 is 40.0 Å². The van der Waals surface area contributed by atoms with E-state index >= 15 is 0 Å². The van der Waals surface area contributed by atoms with Crippen molar-refractivity contribution in [2.75, 3.05) is 11.1 Å². The first-order valence-corrected chi connectivity index (χ1v) is 11.2. The van der Waals surface area contributed by atoms with E-state index in [0.717, 1.165) is 25.2 Å². The van der Waals surface area contributed by atoms with Crippen LogP contribution in [0.1, 0.15) is 36.0 Å². The molecule has 9 nitrogen and oxygen atoms in total. The van der Waals surface area contributed by atoms with E-state index in [2.05, 4.69) is 30.7 Å². The Morgan fingerprint density at radius 3 is 2.80 bits per heavy atom. The van der Waals surface area contributed by atoms with Crippen molar-refractivity contribution in [2.45, 2.75) is 37.8 Å². The Kier molecular flexibility index (Phi) is 5.97. The number of hydrogen-bond acceptors (Lipinski definition) is 6. The van der Waals surface area contributed by atoms with Crippen LogP contribution in [0.3, 0.4) is 0 Å². The molecule has 182 valence electrons. The summed E-state index contributed by atoms with van der Waals surface area (Å²) in [5, 5.41) is 9.94. The summed E-state index contributed by atoms with van der Waals surface area (Å²) in [6.45, 7) is 0. The van der Waals surface area contributed by atoms with E-state index in [-0.39, 0.29) is 50.6 Å². The largest absolute Gasteiger partial charge is 0.381 e. The van der Waals surface area contributed by atoms with E-state index in [1.807, 2.05) is 0 Å². The highest BCUT2D eigenvalue weighted by molar-refractivity contribution is 6.31. The first-order valence-electron chi connectivity index (χ1n) is 10.9. The fraction of sp³-hybridized carbons (Fsp3) is 0.273. The molecule has 0 radical (unpaired) electrons. The Hall–Kier alpha value is -3.80. The van der Waals surface area contributed by atoms with Crippen molar-refractivity contribution < 1.29 is 18.1 Å². The molecule has 5 N–H and O–H groups in total. The fourth-order valence-corrected chi connectivity index (χ4v) is 4.58. The van der Waals surface area contributed by atoms with E-state index in [0.29, 0.717) is 23.8 Å². The third-order valence-electron chi connectivity index (χ3n) is 6.00. The molecule has 4 aromatic rings. The number of aromatic nitrogens is 5. The molecular weight excluding hydrogens is 485 g/mol. The van der Waals surface area contributed by atoms with E-state index in [4.69, 9.17) is 17.3 Å². The van der Waals surface area contributed by atoms with Crippen molar-refractivity contribution in [2.24, 2.45) is 0 Å². The van der Waals surface area contributed by atoms with Crippen LogP contribution in [0.5, 0.6) is 0 Å². The van der Waals surface area contributed by atoms with Gasteiger partial charge in [0.05, 0.1) is 17.9 Å². The molecule has 13 heteroatoms. The van der Waals surface area contributed by atoms with E-state index < -0.39 is 17.5 Å². The topological polar surface area (TPSA) is 127 Å². The molecule has 35 heavy (non-hydrogen) atoms. The number of nitrogen functional groups attached to an aromatic ring is 1. The summed E-state index contributed by atoms with van der Waals surface area (Å²) in [5.74, 6) is -1.71. The lowest BCUT2D eigenvalue weighted by atomic mass is 9.90. The molecule has 1 aliphatic carbocycles. The second-order valence-corrected chi connectivity index (χ2v) is 8.83. The maximum atomic E-state index is 14.6. The molecule has 1 aromatic carbocycles. The number of aromatic amines is 1. The van der Waals surface area contributed by atoms with Gasteiger partial charge in [-0.05, 0) is 37.8 Å². The molecule has 1 fully saturated rings. The Balaban J connectivity index is 1.33. The lowest BCUT2D eigenvalue weighted by Gasteiger charge is -2.30. The normalized spacial score (nSPS) is 18.1. The zero-order chi connectivity index (χ0) is 24.7. The number of rotatable bonds is 5. The zero-order valence-electron chi connectivity index (χ0n) is 18.2. The van der Waals surface area contributed by atoms with Crippen LogP contribution in [0.2, 0.25) is 5.02 Å². The fourth-order valence-electron chi connectivity index (χ4n) is 4.38. The third kappa shape index (κ3) is 4.61. The number of nitrogens with one attached hydrogen (secondary N) is 3. The molecule has 2 atom stereocenters. The lowest BCUT2D eigenvalue weighted by Crippen LogP contribution is -2.42. The SMILES string of the molecule is Nc1nn(F)cc1C(=O)N[C@@H]1CCC[C@H](Nc2nc(-c3c[nH]c4c(F)cc(Cl)cc34)ncc2F)C1. The van der Waals surface area contributed by atoms with Crippen LogP contribution in [0.25, 0.3) is 22.3 Å². The lowest BCUT2D eigenvalue weighted by molar-refractivity contribution is 0.0926. The van der Waals surface area contributed by atoms with Crippen LogP contribution in [0.4, 0.5) is 24.9 Å². The molecular formula is C22H20ClF3N8O. The van der Waals surface area contributed by atoms with Crippen molar-refractivity contribution in [1.29, 1.82) is 0 Å². The average molecular weight is 505 g/mol. The van der Waals surface area contributed by atoms with Crippen LogP contribution in [0.15, 0.2) is 30.7 Å². The minimum atomic E-state index is -0.646. The van der Waals surface area contributed by atoms with Gasteiger partial charge in [-0.1, -0.05) is 16.1 Å². The summed E-state index contributed by atoms with van der Waals surface area (Å²) in [5.41, 5.74) is 6.24. The number of carbonyl (C=O) groups is 1. The average Bonchev–Trinajstić information content (AvgIpc) is 3.38. The van der Waals surface area contributed by atoms with Crippen LogP contribution < -0.4 is 16.4 Å². The van der Waals surface area contributed by atoms with Crippen LogP contribution in [-0.4, -0.2) is 42.9 Å².